The van der Waals surface area contributed by atoms with Gasteiger partial charge in [0, 0.05) is 49.8 Å². The second kappa shape index (κ2) is 10.5. The van der Waals surface area contributed by atoms with Gasteiger partial charge in [-0.15, -0.1) is 0 Å². The lowest BCUT2D eigenvalue weighted by Crippen LogP contribution is -2.39. The van der Waals surface area contributed by atoms with E-state index in [9.17, 15) is 13.6 Å². The van der Waals surface area contributed by atoms with E-state index < -0.39 is 11.6 Å². The fourth-order valence-electron chi connectivity index (χ4n) is 4.26. The smallest absolute Gasteiger partial charge is 0.247 e. The Morgan fingerprint density at radius 1 is 1.16 bits per heavy atom. The molecule has 0 aliphatic heterocycles. The molecule has 1 amide bonds. The Hall–Kier alpha value is -2.03. The summed E-state index contributed by atoms with van der Waals surface area (Å²) in [5.74, 6) is -2.34. The highest BCUT2D eigenvalue weighted by molar-refractivity contribution is 5.99. The number of likely N-dealkylation sites (N-methyl/N-ethyl adjacent to an activating group) is 2. The summed E-state index contributed by atoms with van der Waals surface area (Å²) in [4.78, 5) is 14.5. The molecule has 0 unspecified atom stereocenters. The van der Waals surface area contributed by atoms with Crippen LogP contribution in [0.3, 0.4) is 0 Å². The molecule has 172 valence electrons. The van der Waals surface area contributed by atoms with Gasteiger partial charge in [-0.1, -0.05) is 18.9 Å². The first-order valence-corrected chi connectivity index (χ1v) is 10.9. The maximum Gasteiger partial charge on any atom is 0.247 e. The number of methoxy groups -OCH3 is 1. The number of hydrogen-bond donors (Lipinski definition) is 2. The highest BCUT2D eigenvalue weighted by Crippen LogP contribution is 2.47. The molecule has 8 heteroatoms. The molecule has 1 fully saturated rings. The molecule has 0 radical (unpaired) electrons. The van der Waals surface area contributed by atoms with Crippen molar-refractivity contribution >= 4 is 5.91 Å². The maximum absolute atomic E-state index is 14.5. The summed E-state index contributed by atoms with van der Waals surface area (Å²) in [5, 5.41) is 6.11. The van der Waals surface area contributed by atoms with Crippen molar-refractivity contribution in [3.05, 3.63) is 40.5 Å². The molecule has 0 aromatic heterocycles. The summed E-state index contributed by atoms with van der Waals surface area (Å²) < 4.78 is 39.2. The summed E-state index contributed by atoms with van der Waals surface area (Å²) in [7, 11) is 5.46. The third-order valence-corrected chi connectivity index (χ3v) is 6.35. The predicted molar refractivity (Wildman–Crippen MR) is 115 cm³/mol. The molecule has 6 nitrogen and oxygen atoms in total. The molecule has 0 bridgehead atoms. The predicted octanol–water partition coefficient (Wildman–Crippen LogP) is 2.77. The molecule has 1 saturated carbocycles. The zero-order valence-corrected chi connectivity index (χ0v) is 18.7. The van der Waals surface area contributed by atoms with Gasteiger partial charge in [0.15, 0.2) is 11.6 Å². The summed E-state index contributed by atoms with van der Waals surface area (Å²) in [6, 6.07) is 2.86. The van der Waals surface area contributed by atoms with Crippen molar-refractivity contribution in [1.29, 1.82) is 0 Å². The van der Waals surface area contributed by atoms with E-state index in [2.05, 4.69) is 10.6 Å². The molecule has 3 rings (SSSR count). The number of hydrogen-bond acceptors (Lipinski definition) is 5. The van der Waals surface area contributed by atoms with Crippen LogP contribution < -0.4 is 15.4 Å². The second-order valence-corrected chi connectivity index (χ2v) is 8.35. The minimum atomic E-state index is -1.03. The van der Waals surface area contributed by atoms with E-state index in [0.717, 1.165) is 43.4 Å². The average Bonchev–Trinajstić information content (AvgIpc) is 3.44. The average molecular weight is 438 g/mol. The van der Waals surface area contributed by atoms with Gasteiger partial charge in [-0.2, -0.15) is 4.39 Å². The first-order chi connectivity index (χ1) is 14.9. The fourth-order valence-corrected chi connectivity index (χ4v) is 4.26. The molecule has 0 spiro atoms. The summed E-state index contributed by atoms with van der Waals surface area (Å²) in [6.45, 7) is 2.05. The fraction of sp³-hybridized carbons (Fsp3) is 0.609. The summed E-state index contributed by atoms with van der Waals surface area (Å²) in [6.07, 6.45) is 5.08. The van der Waals surface area contributed by atoms with Crippen molar-refractivity contribution in [1.82, 2.24) is 15.5 Å². The van der Waals surface area contributed by atoms with E-state index in [-0.39, 0.29) is 35.9 Å². The third-order valence-electron chi connectivity index (χ3n) is 6.35. The van der Waals surface area contributed by atoms with Crippen LogP contribution in [0.1, 0.15) is 37.7 Å². The molecule has 31 heavy (non-hydrogen) atoms. The molecule has 2 N–H and O–H groups in total. The first-order valence-electron chi connectivity index (χ1n) is 10.9. The van der Waals surface area contributed by atoms with Crippen molar-refractivity contribution in [2.75, 3.05) is 47.5 Å². The number of nitrogens with one attached hydrogen (secondary N) is 2. The summed E-state index contributed by atoms with van der Waals surface area (Å²) in [5.41, 5.74) is 1.98. The van der Waals surface area contributed by atoms with Crippen LogP contribution in [0.5, 0.6) is 5.75 Å². The van der Waals surface area contributed by atoms with Crippen molar-refractivity contribution in [2.24, 2.45) is 0 Å². The van der Waals surface area contributed by atoms with Crippen LogP contribution in [0.4, 0.5) is 8.78 Å². The zero-order valence-electron chi connectivity index (χ0n) is 18.7. The van der Waals surface area contributed by atoms with Crippen LogP contribution in [0.2, 0.25) is 0 Å². The van der Waals surface area contributed by atoms with Crippen molar-refractivity contribution in [3.63, 3.8) is 0 Å². The lowest BCUT2D eigenvalue weighted by atomic mass is 9.94. The number of carbonyl (C=O) groups is 1. The molecule has 1 aromatic rings. The van der Waals surface area contributed by atoms with Crippen LogP contribution >= 0.6 is 0 Å². The van der Waals surface area contributed by atoms with Crippen molar-refractivity contribution in [2.45, 2.75) is 44.2 Å². The largest absolute Gasteiger partial charge is 0.489 e. The van der Waals surface area contributed by atoms with Gasteiger partial charge < -0.3 is 25.0 Å². The molecular weight excluding hydrogens is 404 g/mol. The van der Waals surface area contributed by atoms with E-state index in [1.165, 1.54) is 12.1 Å². The zero-order chi connectivity index (χ0) is 22.4. The van der Waals surface area contributed by atoms with Gasteiger partial charge in [-0.05, 0) is 38.6 Å². The molecule has 0 heterocycles. The summed E-state index contributed by atoms with van der Waals surface area (Å²) >= 11 is 0. The van der Waals surface area contributed by atoms with Gasteiger partial charge in [0.25, 0.3) is 0 Å². The van der Waals surface area contributed by atoms with Crippen LogP contribution in [-0.2, 0) is 16.1 Å². The number of rotatable bonds is 12. The maximum atomic E-state index is 14.5. The minimum Gasteiger partial charge on any atom is -0.489 e. The minimum absolute atomic E-state index is 0.0549. The quantitative estimate of drug-likeness (QED) is 0.527. The Labute approximate surface area is 183 Å². The highest BCUT2D eigenvalue weighted by Gasteiger charge is 2.45. The van der Waals surface area contributed by atoms with E-state index >= 15 is 0 Å². The van der Waals surface area contributed by atoms with E-state index in [1.54, 1.807) is 7.11 Å². The Morgan fingerprint density at radius 2 is 1.87 bits per heavy atom. The van der Waals surface area contributed by atoms with E-state index in [4.69, 9.17) is 9.47 Å². The Kier molecular flexibility index (Phi) is 8.02. The van der Waals surface area contributed by atoms with Crippen LogP contribution in [0.15, 0.2) is 23.3 Å². The van der Waals surface area contributed by atoms with Gasteiger partial charge in [0.2, 0.25) is 11.7 Å². The number of amides is 1. The van der Waals surface area contributed by atoms with Gasteiger partial charge in [0.05, 0.1) is 6.61 Å². The molecular formula is C23H33F2N3O3. The number of ether oxygens (including phenoxy) is 2. The van der Waals surface area contributed by atoms with Gasteiger partial charge in [-0.3, -0.25) is 4.79 Å². The Bertz CT molecular complexity index is 823. The third kappa shape index (κ3) is 5.61. The highest BCUT2D eigenvalue weighted by atomic mass is 19.2. The standard InChI is InChI=1S/C23H33F2N3O3/c1-26-23(8-4-5-9-23)18-14-17(18)22(29)27-15-16-6-7-19(21(25)20(16)24)31-13-11-28(2)10-12-30-3/h6-7,26H,4-5,8-15H2,1-3H3,(H,27,29). The topological polar surface area (TPSA) is 62.8 Å². The lowest BCUT2D eigenvalue weighted by Gasteiger charge is -2.25. The van der Waals surface area contributed by atoms with Crippen molar-refractivity contribution in [3.8, 4) is 5.75 Å². The first kappa shape index (κ1) is 23.6. The van der Waals surface area contributed by atoms with E-state index in [0.29, 0.717) is 19.6 Å². The number of carbonyl (C=O) groups excluding carboxylic acids is 1. The van der Waals surface area contributed by atoms with Crippen molar-refractivity contribution < 1.29 is 23.0 Å². The van der Waals surface area contributed by atoms with Gasteiger partial charge in [-0.25, -0.2) is 4.39 Å². The van der Waals surface area contributed by atoms with Gasteiger partial charge >= 0.3 is 0 Å². The molecule has 2 aliphatic carbocycles. The molecule has 2 aliphatic rings. The number of benzene rings is 1. The van der Waals surface area contributed by atoms with Crippen LogP contribution in [-0.4, -0.2) is 63.9 Å². The SMILES string of the molecule is CNC1(C2=C(C(=O)NCc3ccc(OCCN(C)CCOC)c(F)c3F)C2)CCCC1. The van der Waals surface area contributed by atoms with Crippen LogP contribution in [0.25, 0.3) is 0 Å². The Morgan fingerprint density at radius 3 is 2.55 bits per heavy atom. The Balaban J connectivity index is 1.52. The number of nitrogens with zero attached hydrogens (tertiary/aromatic N) is 1. The lowest BCUT2D eigenvalue weighted by molar-refractivity contribution is -0.117. The molecule has 1 aromatic carbocycles. The van der Waals surface area contributed by atoms with Crippen LogP contribution in [0, 0.1) is 11.6 Å². The van der Waals surface area contributed by atoms with E-state index in [1.807, 2.05) is 19.0 Å². The second-order valence-electron chi connectivity index (χ2n) is 8.35. The number of halogens is 2. The molecule has 0 atom stereocenters. The van der Waals surface area contributed by atoms with Gasteiger partial charge in [0.1, 0.15) is 6.61 Å². The molecule has 0 saturated heterocycles. The normalized spacial score (nSPS) is 17.4. The monoisotopic (exact) mass is 437 g/mol.